The summed E-state index contributed by atoms with van der Waals surface area (Å²) in [6.45, 7) is 10.9. The first-order valence-corrected chi connectivity index (χ1v) is 9.57. The Morgan fingerprint density at radius 1 is 1.14 bits per heavy atom. The molecule has 1 heterocycles. The highest BCUT2D eigenvalue weighted by Gasteiger charge is 2.21. The van der Waals surface area contributed by atoms with Crippen LogP contribution in [-0.2, 0) is 0 Å². The summed E-state index contributed by atoms with van der Waals surface area (Å²) < 4.78 is 14.4. The van der Waals surface area contributed by atoms with Gasteiger partial charge in [0.05, 0.1) is 5.69 Å². The molecule has 0 radical (unpaired) electrons. The van der Waals surface area contributed by atoms with Crippen molar-refractivity contribution in [3.63, 3.8) is 0 Å². The average molecular weight is 378 g/mol. The van der Waals surface area contributed by atoms with Crippen molar-refractivity contribution in [3.8, 4) is 0 Å². The molecule has 3 rings (SSSR count). The number of rotatable bonds is 6. The van der Waals surface area contributed by atoms with Crippen LogP contribution in [0.15, 0.2) is 71.4 Å². The molecule has 0 spiro atoms. The van der Waals surface area contributed by atoms with Crippen LogP contribution < -0.4 is 16.0 Å². The number of allylic oxidation sites excluding steroid dienone is 1. The fourth-order valence-electron chi connectivity index (χ4n) is 3.08. The number of nitrogens with zero attached hydrogens (tertiary/aromatic N) is 1. The van der Waals surface area contributed by atoms with Gasteiger partial charge in [0.1, 0.15) is 17.8 Å². The summed E-state index contributed by atoms with van der Waals surface area (Å²) in [6, 6.07) is 15.1. The Hall–Kier alpha value is -3.08. The fourth-order valence-corrected chi connectivity index (χ4v) is 3.08. The molecular weight excluding hydrogens is 351 g/mol. The zero-order chi connectivity index (χ0) is 20.1. The third-order valence-electron chi connectivity index (χ3n) is 4.80. The number of para-hydroxylation sites is 1. The SMILES string of the molecule is C=C(NC1=NC(c2ccccc2)NC(C)=C1C)c1cccc(F)c1NCCC. The van der Waals surface area contributed by atoms with Crippen LogP contribution in [0.5, 0.6) is 0 Å². The molecule has 0 saturated carbocycles. The summed E-state index contributed by atoms with van der Waals surface area (Å²) in [4.78, 5) is 4.82. The lowest BCUT2D eigenvalue weighted by molar-refractivity contribution is 0.610. The summed E-state index contributed by atoms with van der Waals surface area (Å²) in [5, 5.41) is 9.90. The van der Waals surface area contributed by atoms with Crippen molar-refractivity contribution in [1.82, 2.24) is 10.6 Å². The molecule has 4 nitrogen and oxygen atoms in total. The second-order valence-corrected chi connectivity index (χ2v) is 6.88. The van der Waals surface area contributed by atoms with Crippen molar-refractivity contribution in [3.05, 3.63) is 83.3 Å². The van der Waals surface area contributed by atoms with Crippen molar-refractivity contribution in [1.29, 1.82) is 0 Å². The molecule has 1 atom stereocenters. The normalized spacial score (nSPS) is 16.3. The van der Waals surface area contributed by atoms with Crippen LogP contribution in [0.3, 0.4) is 0 Å². The highest BCUT2D eigenvalue weighted by Crippen LogP contribution is 2.27. The van der Waals surface area contributed by atoms with E-state index in [-0.39, 0.29) is 12.0 Å². The fraction of sp³-hybridized carbons (Fsp3) is 0.261. The van der Waals surface area contributed by atoms with E-state index in [1.165, 1.54) is 6.07 Å². The molecule has 5 heteroatoms. The molecular formula is C23H27FN4. The summed E-state index contributed by atoms with van der Waals surface area (Å²) in [6.07, 6.45) is 0.733. The molecule has 1 aliphatic rings. The number of halogens is 1. The van der Waals surface area contributed by atoms with E-state index >= 15 is 0 Å². The van der Waals surface area contributed by atoms with Gasteiger partial charge in [-0.3, -0.25) is 0 Å². The predicted octanol–water partition coefficient (Wildman–Crippen LogP) is 5.20. The van der Waals surface area contributed by atoms with Crippen LogP contribution in [-0.4, -0.2) is 12.4 Å². The van der Waals surface area contributed by atoms with Gasteiger partial charge in [0.2, 0.25) is 0 Å². The Morgan fingerprint density at radius 2 is 1.89 bits per heavy atom. The van der Waals surface area contributed by atoms with Crippen LogP contribution >= 0.6 is 0 Å². The molecule has 0 saturated heterocycles. The maximum atomic E-state index is 14.4. The van der Waals surface area contributed by atoms with Gasteiger partial charge in [-0.25, -0.2) is 9.38 Å². The van der Waals surface area contributed by atoms with Crippen molar-refractivity contribution in [2.24, 2.45) is 4.99 Å². The average Bonchev–Trinajstić information content (AvgIpc) is 2.70. The summed E-state index contributed by atoms with van der Waals surface area (Å²) in [5.41, 5.74) is 4.91. The number of amidine groups is 1. The largest absolute Gasteiger partial charge is 0.382 e. The third-order valence-corrected chi connectivity index (χ3v) is 4.80. The molecule has 146 valence electrons. The highest BCUT2D eigenvalue weighted by atomic mass is 19.1. The van der Waals surface area contributed by atoms with Gasteiger partial charge in [-0.2, -0.15) is 0 Å². The maximum Gasteiger partial charge on any atom is 0.146 e. The number of anilines is 1. The van der Waals surface area contributed by atoms with Crippen LogP contribution in [0.1, 0.15) is 44.5 Å². The van der Waals surface area contributed by atoms with E-state index < -0.39 is 0 Å². The van der Waals surface area contributed by atoms with Crippen LogP contribution in [0.25, 0.3) is 5.70 Å². The lowest BCUT2D eigenvalue weighted by Gasteiger charge is -2.27. The van der Waals surface area contributed by atoms with E-state index in [0.29, 0.717) is 23.5 Å². The smallest absolute Gasteiger partial charge is 0.146 e. The third kappa shape index (κ3) is 4.25. The Morgan fingerprint density at radius 3 is 2.61 bits per heavy atom. The first kappa shape index (κ1) is 19.7. The molecule has 3 N–H and O–H groups in total. The maximum absolute atomic E-state index is 14.4. The molecule has 0 bridgehead atoms. The van der Waals surface area contributed by atoms with Crippen LogP contribution in [0, 0.1) is 5.82 Å². The van der Waals surface area contributed by atoms with Gasteiger partial charge in [0.25, 0.3) is 0 Å². The topological polar surface area (TPSA) is 48.5 Å². The van der Waals surface area contributed by atoms with Gasteiger partial charge < -0.3 is 16.0 Å². The monoisotopic (exact) mass is 378 g/mol. The molecule has 1 aliphatic heterocycles. The van der Waals surface area contributed by atoms with Gasteiger partial charge in [-0.15, -0.1) is 0 Å². The zero-order valence-electron chi connectivity index (χ0n) is 16.6. The Labute approximate surface area is 166 Å². The molecule has 0 aromatic heterocycles. The standard InChI is InChI=1S/C23H27FN4/c1-5-14-25-21-19(12-9-13-20(21)24)17(4)27-22-15(2)16(3)26-23(28-22)18-10-7-6-8-11-18/h6-13,23,25-26H,4-5,14H2,1-3H3,(H,27,28). The van der Waals surface area contributed by atoms with E-state index in [1.807, 2.05) is 57.2 Å². The van der Waals surface area contributed by atoms with E-state index in [4.69, 9.17) is 4.99 Å². The predicted molar refractivity (Wildman–Crippen MR) is 115 cm³/mol. The van der Waals surface area contributed by atoms with Gasteiger partial charge in [0, 0.05) is 29.1 Å². The zero-order valence-corrected chi connectivity index (χ0v) is 16.6. The van der Waals surface area contributed by atoms with E-state index in [9.17, 15) is 4.39 Å². The lowest BCUT2D eigenvalue weighted by atomic mass is 10.1. The molecule has 0 aliphatic carbocycles. The minimum absolute atomic E-state index is 0.176. The number of benzene rings is 2. The minimum atomic E-state index is -0.285. The van der Waals surface area contributed by atoms with Crippen molar-refractivity contribution >= 4 is 17.2 Å². The number of hydrogen-bond acceptors (Lipinski definition) is 4. The van der Waals surface area contributed by atoms with E-state index in [0.717, 1.165) is 29.1 Å². The quantitative estimate of drug-likeness (QED) is 0.647. The van der Waals surface area contributed by atoms with Crippen LogP contribution in [0.2, 0.25) is 0 Å². The molecule has 2 aromatic rings. The van der Waals surface area contributed by atoms with E-state index in [2.05, 4.69) is 22.5 Å². The van der Waals surface area contributed by atoms with Crippen molar-refractivity contribution < 1.29 is 4.39 Å². The molecule has 2 aromatic carbocycles. The molecule has 28 heavy (non-hydrogen) atoms. The number of aliphatic imine (C=N–C) groups is 1. The van der Waals surface area contributed by atoms with E-state index in [1.54, 1.807) is 6.07 Å². The number of hydrogen-bond donors (Lipinski definition) is 3. The highest BCUT2D eigenvalue weighted by molar-refractivity contribution is 6.04. The first-order chi connectivity index (χ1) is 13.5. The Kier molecular flexibility index (Phi) is 6.14. The molecule has 1 unspecified atom stereocenters. The minimum Gasteiger partial charge on any atom is -0.382 e. The molecule has 0 amide bonds. The molecule has 0 fully saturated rings. The van der Waals surface area contributed by atoms with Gasteiger partial charge in [-0.1, -0.05) is 56.0 Å². The summed E-state index contributed by atoms with van der Waals surface area (Å²) >= 11 is 0. The van der Waals surface area contributed by atoms with Crippen molar-refractivity contribution in [2.45, 2.75) is 33.4 Å². The Balaban J connectivity index is 1.88. The second-order valence-electron chi connectivity index (χ2n) is 6.88. The van der Waals surface area contributed by atoms with Crippen molar-refractivity contribution in [2.75, 3.05) is 11.9 Å². The van der Waals surface area contributed by atoms with Gasteiger partial charge in [0.15, 0.2) is 0 Å². The first-order valence-electron chi connectivity index (χ1n) is 9.57. The Bertz CT molecular complexity index is 915. The second kappa shape index (κ2) is 8.74. The van der Waals surface area contributed by atoms with Crippen LogP contribution in [0.4, 0.5) is 10.1 Å². The summed E-state index contributed by atoms with van der Waals surface area (Å²) in [5.74, 6) is 0.451. The van der Waals surface area contributed by atoms with Gasteiger partial charge >= 0.3 is 0 Å². The number of nitrogens with one attached hydrogen (secondary N) is 3. The lowest BCUT2D eigenvalue weighted by Crippen LogP contribution is -2.33. The van der Waals surface area contributed by atoms with Gasteiger partial charge in [-0.05, 0) is 31.9 Å². The summed E-state index contributed by atoms with van der Waals surface area (Å²) in [7, 11) is 0.